The van der Waals surface area contributed by atoms with E-state index < -0.39 is 11.4 Å². The van der Waals surface area contributed by atoms with Crippen molar-refractivity contribution < 1.29 is 19.1 Å². The number of methoxy groups -OCH3 is 1. The molecular weight excluding hydrogens is 368 g/mol. The van der Waals surface area contributed by atoms with E-state index in [-0.39, 0.29) is 11.9 Å². The van der Waals surface area contributed by atoms with E-state index in [0.717, 1.165) is 12.8 Å². The van der Waals surface area contributed by atoms with Crippen LogP contribution in [0.5, 0.6) is 5.75 Å². The number of nitrogen functional groups attached to an aromatic ring is 1. The Balaban J connectivity index is 1.68. The van der Waals surface area contributed by atoms with Gasteiger partial charge in [0.25, 0.3) is 0 Å². The van der Waals surface area contributed by atoms with Crippen LogP contribution in [0.4, 0.5) is 5.69 Å². The number of rotatable bonds is 8. The highest BCUT2D eigenvalue weighted by Crippen LogP contribution is 2.37. The molecule has 3 rings (SSSR count). The number of ether oxygens (including phenoxy) is 2. The Bertz CT molecular complexity index is 838. The molecule has 1 heterocycles. The summed E-state index contributed by atoms with van der Waals surface area (Å²) in [5.74, 6) is -0.00332. The number of hydrogen-bond acceptors (Lipinski definition) is 5. The Morgan fingerprint density at radius 1 is 1.17 bits per heavy atom. The summed E-state index contributed by atoms with van der Waals surface area (Å²) in [4.78, 5) is 27.2. The highest BCUT2D eigenvalue weighted by Gasteiger charge is 2.54. The third-order valence-electron chi connectivity index (χ3n) is 5.48. The van der Waals surface area contributed by atoms with Crippen LogP contribution in [0.15, 0.2) is 54.6 Å². The van der Waals surface area contributed by atoms with Gasteiger partial charge >= 0.3 is 5.97 Å². The summed E-state index contributed by atoms with van der Waals surface area (Å²) in [6.07, 6.45) is 2.05. The van der Waals surface area contributed by atoms with Crippen molar-refractivity contribution in [3.8, 4) is 5.75 Å². The number of esters is 1. The summed E-state index contributed by atoms with van der Waals surface area (Å²) in [5, 5.41) is 0. The largest absolute Gasteiger partial charge is 0.491 e. The first-order valence-electron chi connectivity index (χ1n) is 9.86. The van der Waals surface area contributed by atoms with E-state index in [1.54, 1.807) is 36.1 Å². The highest BCUT2D eigenvalue weighted by molar-refractivity contribution is 6.04. The van der Waals surface area contributed by atoms with Crippen molar-refractivity contribution in [3.05, 3.63) is 60.2 Å². The summed E-state index contributed by atoms with van der Waals surface area (Å²) >= 11 is 0. The average molecular weight is 396 g/mol. The average Bonchev–Trinajstić information content (AvgIpc) is 2.99. The zero-order valence-corrected chi connectivity index (χ0v) is 17.0. The molecule has 0 spiro atoms. The Labute approximate surface area is 171 Å². The van der Waals surface area contributed by atoms with Crippen LogP contribution in [-0.4, -0.2) is 43.1 Å². The molecule has 6 nitrogen and oxygen atoms in total. The van der Waals surface area contributed by atoms with Crippen molar-refractivity contribution in [1.29, 1.82) is 0 Å². The Morgan fingerprint density at radius 3 is 2.52 bits per heavy atom. The van der Waals surface area contributed by atoms with E-state index in [0.29, 0.717) is 31.0 Å². The second-order valence-electron chi connectivity index (χ2n) is 7.65. The van der Waals surface area contributed by atoms with Crippen LogP contribution >= 0.6 is 0 Å². The van der Waals surface area contributed by atoms with Crippen molar-refractivity contribution in [2.45, 2.75) is 32.2 Å². The first-order valence-corrected chi connectivity index (χ1v) is 9.86. The van der Waals surface area contributed by atoms with E-state index >= 15 is 0 Å². The maximum atomic E-state index is 13.1. The molecule has 0 unspecified atom stereocenters. The van der Waals surface area contributed by atoms with Gasteiger partial charge in [0, 0.05) is 12.2 Å². The quantitative estimate of drug-likeness (QED) is 0.421. The molecule has 154 valence electrons. The van der Waals surface area contributed by atoms with E-state index in [2.05, 4.69) is 12.1 Å². The lowest BCUT2D eigenvalue weighted by Crippen LogP contribution is -2.41. The van der Waals surface area contributed by atoms with Gasteiger partial charge in [0.05, 0.1) is 13.2 Å². The molecule has 1 amide bonds. The first kappa shape index (κ1) is 20.7. The lowest BCUT2D eigenvalue weighted by Gasteiger charge is -2.25. The molecule has 0 radical (unpaired) electrons. The predicted octanol–water partition coefficient (Wildman–Crippen LogP) is 3.06. The van der Waals surface area contributed by atoms with Gasteiger partial charge in [0.15, 0.2) is 0 Å². The lowest BCUT2D eigenvalue weighted by molar-refractivity contribution is -0.157. The molecule has 1 aliphatic heterocycles. The van der Waals surface area contributed by atoms with Crippen molar-refractivity contribution in [3.63, 3.8) is 0 Å². The van der Waals surface area contributed by atoms with E-state index in [1.165, 1.54) is 12.7 Å². The number of likely N-dealkylation sites (tertiary alicyclic amines) is 1. The summed E-state index contributed by atoms with van der Waals surface area (Å²) in [7, 11) is 1.32. The number of anilines is 1. The maximum Gasteiger partial charge on any atom is 0.321 e. The number of nitrogens with zero attached hydrogens (tertiary/aromatic N) is 1. The van der Waals surface area contributed by atoms with Crippen molar-refractivity contribution in [1.82, 2.24) is 4.90 Å². The lowest BCUT2D eigenvalue weighted by atomic mass is 9.87. The van der Waals surface area contributed by atoms with Gasteiger partial charge in [-0.05, 0) is 56.0 Å². The monoisotopic (exact) mass is 396 g/mol. The molecule has 2 N–H and O–H groups in total. The smallest absolute Gasteiger partial charge is 0.321 e. The molecule has 1 fully saturated rings. The minimum absolute atomic E-state index is 0.191. The number of amides is 1. The molecule has 1 saturated heterocycles. The van der Waals surface area contributed by atoms with Crippen molar-refractivity contribution >= 4 is 17.6 Å². The normalized spacial score (nSPS) is 21.2. The summed E-state index contributed by atoms with van der Waals surface area (Å²) < 4.78 is 10.8. The van der Waals surface area contributed by atoms with Gasteiger partial charge in [-0.3, -0.25) is 9.59 Å². The molecule has 6 heteroatoms. The number of benzene rings is 2. The third kappa shape index (κ3) is 4.70. The van der Waals surface area contributed by atoms with Crippen molar-refractivity contribution in [2.24, 2.45) is 5.41 Å². The fourth-order valence-corrected chi connectivity index (χ4v) is 3.84. The zero-order valence-electron chi connectivity index (χ0n) is 17.0. The number of carbonyl (C=O) groups excluding carboxylic acids is 2. The number of aryl methyl sites for hydroxylation is 1. The minimum atomic E-state index is -1.17. The second kappa shape index (κ2) is 8.99. The fourth-order valence-electron chi connectivity index (χ4n) is 3.84. The van der Waals surface area contributed by atoms with Crippen molar-refractivity contribution in [2.75, 3.05) is 26.0 Å². The second-order valence-corrected chi connectivity index (χ2v) is 7.65. The maximum absolute atomic E-state index is 13.1. The van der Waals surface area contributed by atoms with Crippen LogP contribution in [0, 0.1) is 5.41 Å². The minimum Gasteiger partial charge on any atom is -0.491 e. The van der Waals surface area contributed by atoms with Crippen LogP contribution in [0.2, 0.25) is 0 Å². The van der Waals surface area contributed by atoms with Gasteiger partial charge in [0.2, 0.25) is 5.91 Å². The van der Waals surface area contributed by atoms with Crippen LogP contribution in [0.25, 0.3) is 0 Å². The van der Waals surface area contributed by atoms with Gasteiger partial charge in [-0.15, -0.1) is 0 Å². The molecule has 0 saturated carbocycles. The molecule has 29 heavy (non-hydrogen) atoms. The molecule has 0 aromatic heterocycles. The molecular formula is C23H28N2O4. The number of nitrogens with two attached hydrogens (primary N) is 1. The Kier molecular flexibility index (Phi) is 6.42. The van der Waals surface area contributed by atoms with Crippen LogP contribution < -0.4 is 10.5 Å². The summed E-state index contributed by atoms with van der Waals surface area (Å²) in [5.41, 5.74) is 6.43. The topological polar surface area (TPSA) is 81.9 Å². The molecule has 2 atom stereocenters. The van der Waals surface area contributed by atoms with Gasteiger partial charge in [-0.25, -0.2) is 0 Å². The Hall–Kier alpha value is -3.02. The van der Waals surface area contributed by atoms with E-state index in [1.807, 2.05) is 18.2 Å². The zero-order chi connectivity index (χ0) is 20.9. The van der Waals surface area contributed by atoms with Gasteiger partial charge in [-0.2, -0.15) is 0 Å². The third-order valence-corrected chi connectivity index (χ3v) is 5.48. The van der Waals surface area contributed by atoms with Crippen LogP contribution in [-0.2, 0) is 20.7 Å². The fraction of sp³-hybridized carbons (Fsp3) is 0.391. The van der Waals surface area contributed by atoms with E-state index in [9.17, 15) is 9.59 Å². The number of carbonyl (C=O) groups is 2. The van der Waals surface area contributed by atoms with Gasteiger partial charge in [0.1, 0.15) is 17.8 Å². The molecule has 0 aliphatic carbocycles. The van der Waals surface area contributed by atoms with Gasteiger partial charge in [-0.1, -0.05) is 30.3 Å². The first-order chi connectivity index (χ1) is 13.9. The Morgan fingerprint density at radius 2 is 1.86 bits per heavy atom. The number of hydrogen-bond donors (Lipinski definition) is 1. The predicted molar refractivity (Wildman–Crippen MR) is 111 cm³/mol. The molecule has 1 aliphatic rings. The highest BCUT2D eigenvalue weighted by atomic mass is 16.5. The van der Waals surface area contributed by atoms with Gasteiger partial charge < -0.3 is 20.1 Å². The summed E-state index contributed by atoms with van der Waals surface area (Å²) in [6.45, 7) is 2.54. The summed E-state index contributed by atoms with van der Waals surface area (Å²) in [6, 6.07) is 17.1. The standard InChI is InChI=1S/C23H28N2O4/c1-23(22(27)28-2)15-19(16-29-20-12-10-18(24)11-13-20)25(21(23)26)14-6-9-17-7-4-3-5-8-17/h3-5,7-8,10-13,19H,6,9,14-16,24H2,1-2H3/t19-,23-/m0/s1. The van der Waals surface area contributed by atoms with Crippen LogP contribution in [0.1, 0.15) is 25.3 Å². The SMILES string of the molecule is COC(=O)[C@@]1(C)C[C@@H](COc2ccc(N)cc2)N(CCCc2ccccc2)C1=O. The molecule has 0 bridgehead atoms. The van der Waals surface area contributed by atoms with E-state index in [4.69, 9.17) is 15.2 Å². The molecule has 2 aromatic rings. The van der Waals surface area contributed by atoms with Crippen LogP contribution in [0.3, 0.4) is 0 Å². The molecule has 2 aromatic carbocycles.